The van der Waals surface area contributed by atoms with E-state index >= 15 is 28.8 Å². The summed E-state index contributed by atoms with van der Waals surface area (Å²) in [6.07, 6.45) is -0.881. The van der Waals surface area contributed by atoms with Crippen LogP contribution in [0.1, 0.15) is 161 Å². The summed E-state index contributed by atoms with van der Waals surface area (Å²) in [4.78, 5) is 173. The summed E-state index contributed by atoms with van der Waals surface area (Å²) in [5.74, 6) is -7.96. The van der Waals surface area contributed by atoms with Gasteiger partial charge in [0, 0.05) is 85.7 Å². The molecule has 5 aliphatic rings. The van der Waals surface area contributed by atoms with E-state index in [1.54, 1.807) is 41.8 Å². The molecule has 1 spiro atoms. The molecule has 5 fully saturated rings. The van der Waals surface area contributed by atoms with Crippen molar-refractivity contribution in [3.8, 4) is 0 Å². The highest BCUT2D eigenvalue weighted by molar-refractivity contribution is 6.31. The lowest BCUT2D eigenvalue weighted by Gasteiger charge is -2.50. The quantitative estimate of drug-likeness (QED) is 0.178. The molecule has 2 aromatic carbocycles. The van der Waals surface area contributed by atoms with E-state index in [9.17, 15) is 37.1 Å². The molecule has 2 aliphatic carbocycles. The van der Waals surface area contributed by atoms with Gasteiger partial charge >= 0.3 is 6.18 Å². The lowest BCUT2D eigenvalue weighted by molar-refractivity contribution is -0.164. The summed E-state index contributed by atoms with van der Waals surface area (Å²) >= 11 is 6.19. The monoisotopic (exact) mass is 1410 g/mol. The molecule has 0 bridgehead atoms. The maximum Gasteiger partial charge on any atom is 0.417 e. The molecule has 3 heterocycles. The van der Waals surface area contributed by atoms with Crippen LogP contribution in [-0.4, -0.2) is 227 Å². The Morgan fingerprint density at radius 3 is 1.92 bits per heavy atom. The molecule has 2 aromatic rings. The van der Waals surface area contributed by atoms with Gasteiger partial charge in [-0.05, 0) is 121 Å². The van der Waals surface area contributed by atoms with E-state index < -0.39 is 161 Å². The standard InChI is InChI=1S/C72H105ClF3N11O12/c1-14-44(7)60-64(92)77-46(9)65(93)87-38-50(33-42(4)5)62(87)69(97)85(15-2)56(36-48-25-23-43(6)24-26-48)67(95)82(11)41-57(88)78-54(30-28-47-27-29-52(53(73)35-47)72(74,75)76)66(94)86-39-51(99-16-3)37-55(86)63(91)80-71(31-19-20-32-71)70(98)84(13)61(49-21-17-18-22-49)68(96)83(12)45(8)34-59(90)81(10)40-58(89)79-60/h23-27,29,35,42,44-46,49-51,54-56,60-62H,14-22,28,30-34,36-41H2,1-13H3,(H,77,92)(H,78,88)(H,79,89)(H,80,91)/t44-,45+,46-,50?,51+,54-,55-,56-,60-,61-,62-/m0/s1. The van der Waals surface area contributed by atoms with Gasteiger partial charge in [-0.3, -0.25) is 52.7 Å². The molecule has 548 valence electrons. The lowest BCUT2D eigenvalue weighted by Crippen LogP contribution is -2.69. The van der Waals surface area contributed by atoms with Crippen molar-refractivity contribution >= 4 is 76.6 Å². The number of alkyl halides is 3. The number of nitrogens with zero attached hydrogens (tertiary/aromatic N) is 7. The summed E-state index contributed by atoms with van der Waals surface area (Å²) in [5.41, 5.74) is -0.743. The minimum Gasteiger partial charge on any atom is -0.377 e. The summed E-state index contributed by atoms with van der Waals surface area (Å²) in [6.45, 7) is 15.1. The topological polar surface area (TPSA) is 268 Å². The van der Waals surface area contributed by atoms with Gasteiger partial charge in [0.15, 0.2) is 0 Å². The number of likely N-dealkylation sites (N-methyl/N-ethyl adjacent to an activating group) is 5. The second-order valence-corrected chi connectivity index (χ2v) is 29.1. The molecule has 0 aromatic heterocycles. The smallest absolute Gasteiger partial charge is 0.377 e. The van der Waals surface area contributed by atoms with Gasteiger partial charge in [0.05, 0.1) is 29.8 Å². The Balaban J connectivity index is 1.29. The maximum atomic E-state index is 15.5. The van der Waals surface area contributed by atoms with Gasteiger partial charge in [0.2, 0.25) is 65.0 Å². The van der Waals surface area contributed by atoms with Crippen LogP contribution in [0.3, 0.4) is 0 Å². The first kappa shape index (κ1) is 79.0. The number of ether oxygens (including phenoxy) is 1. The van der Waals surface area contributed by atoms with Gasteiger partial charge in [0.1, 0.15) is 47.8 Å². The molecule has 99 heavy (non-hydrogen) atoms. The van der Waals surface area contributed by atoms with Gasteiger partial charge < -0.3 is 60.3 Å². The summed E-state index contributed by atoms with van der Waals surface area (Å²) in [6, 6.07) is 1.21. The molecule has 23 nitrogen and oxygen atoms in total. The average molecular weight is 1410 g/mol. The van der Waals surface area contributed by atoms with Crippen LogP contribution in [0.2, 0.25) is 5.02 Å². The van der Waals surface area contributed by atoms with Gasteiger partial charge in [-0.1, -0.05) is 107 Å². The van der Waals surface area contributed by atoms with Crippen molar-refractivity contribution < 1.29 is 70.6 Å². The van der Waals surface area contributed by atoms with Crippen LogP contribution in [0.5, 0.6) is 0 Å². The Labute approximate surface area is 586 Å². The number of hydrogen-bond acceptors (Lipinski definition) is 12. The third kappa shape index (κ3) is 19.2. The number of benzene rings is 2. The zero-order valence-electron chi connectivity index (χ0n) is 59.9. The van der Waals surface area contributed by atoms with Crippen LogP contribution in [0.4, 0.5) is 13.2 Å². The lowest BCUT2D eigenvalue weighted by atomic mass is 9.80. The summed E-state index contributed by atoms with van der Waals surface area (Å²) in [5, 5.41) is 10.8. The molecule has 4 N–H and O–H groups in total. The molecule has 3 saturated heterocycles. The molecule has 3 aliphatic heterocycles. The number of hydrogen-bond donors (Lipinski definition) is 4. The molecule has 7 rings (SSSR count). The number of carbonyl (C=O) groups is 11. The van der Waals surface area contributed by atoms with Crippen LogP contribution in [0, 0.1) is 30.6 Å². The number of nitrogens with one attached hydrogen (secondary N) is 4. The fourth-order valence-electron chi connectivity index (χ4n) is 15.0. The highest BCUT2D eigenvalue weighted by Gasteiger charge is 2.53. The molecule has 1 unspecified atom stereocenters. The second kappa shape index (κ2) is 34.3. The summed E-state index contributed by atoms with van der Waals surface area (Å²) in [7, 11) is 5.89. The second-order valence-electron chi connectivity index (χ2n) is 28.7. The van der Waals surface area contributed by atoms with Crippen LogP contribution in [-0.2, 0) is 76.5 Å². The van der Waals surface area contributed by atoms with Crippen molar-refractivity contribution in [1.29, 1.82) is 0 Å². The maximum absolute atomic E-state index is 15.5. The van der Waals surface area contributed by atoms with E-state index in [2.05, 4.69) is 21.3 Å². The summed E-state index contributed by atoms with van der Waals surface area (Å²) < 4.78 is 47.9. The SMILES string of the molecule is CCO[C@@H]1C[C@H]2C(=O)NC3(CCCC3)C(=O)N(C)[C@@H](C3CCCC3)C(=O)N(C)[C@H](C)CC(=O)N(C)CC(=O)N[C@@H]([C@@H](C)CC)C(=O)N[C@@H](C)C(=O)N3CC(CC(C)C)[C@H]3C(=O)N(CC)[C@@H](Cc3ccc(C)cc3)C(=O)N(C)CC(=O)N[C@@H](CCc3ccc(C(F)(F)F)c(Cl)c3)C(=O)N2C1. The van der Waals surface area contributed by atoms with E-state index in [0.29, 0.717) is 44.1 Å². The predicted octanol–water partition coefficient (Wildman–Crippen LogP) is 6.07. The number of amides is 11. The molecule has 2 saturated carbocycles. The van der Waals surface area contributed by atoms with Crippen molar-refractivity contribution in [3.05, 3.63) is 69.7 Å². The largest absolute Gasteiger partial charge is 0.417 e. The van der Waals surface area contributed by atoms with Gasteiger partial charge in [0.25, 0.3) is 0 Å². The Morgan fingerprint density at radius 2 is 1.32 bits per heavy atom. The third-order valence-corrected chi connectivity index (χ3v) is 21.3. The minimum atomic E-state index is -4.77. The van der Waals surface area contributed by atoms with Gasteiger partial charge in [-0.15, -0.1) is 0 Å². The number of carbonyl (C=O) groups excluding carboxylic acids is 11. The van der Waals surface area contributed by atoms with Crippen molar-refractivity contribution in [1.82, 2.24) is 55.6 Å². The number of aryl methyl sites for hydroxylation is 2. The fourth-order valence-corrected chi connectivity index (χ4v) is 15.3. The normalized spacial score (nSPS) is 27.5. The van der Waals surface area contributed by atoms with E-state index in [1.807, 2.05) is 52.0 Å². The highest BCUT2D eigenvalue weighted by atomic mass is 35.5. The molecular weight excluding hydrogens is 1300 g/mol. The number of fused-ring (bicyclic) bond motifs is 2. The molecular formula is C72H105ClF3N11O12. The zero-order chi connectivity index (χ0) is 73.1. The minimum absolute atomic E-state index is 0.0298. The Morgan fingerprint density at radius 1 is 0.697 bits per heavy atom. The van der Waals surface area contributed by atoms with Gasteiger partial charge in [-0.2, -0.15) is 13.2 Å². The average Bonchev–Trinajstić information content (AvgIpc) is 1.72. The van der Waals surface area contributed by atoms with Crippen molar-refractivity contribution in [2.75, 3.05) is 67.5 Å². The highest BCUT2D eigenvalue weighted by Crippen LogP contribution is 2.39. The van der Waals surface area contributed by atoms with E-state index in [0.717, 1.165) is 35.4 Å². The van der Waals surface area contributed by atoms with Crippen LogP contribution in [0.15, 0.2) is 42.5 Å². The Hall–Kier alpha value is -7.35. The molecule has 27 heteroatoms. The van der Waals surface area contributed by atoms with Crippen molar-refractivity contribution in [3.63, 3.8) is 0 Å². The van der Waals surface area contributed by atoms with Crippen molar-refractivity contribution in [2.24, 2.45) is 23.7 Å². The van der Waals surface area contributed by atoms with E-state index in [-0.39, 0.29) is 94.5 Å². The van der Waals surface area contributed by atoms with Gasteiger partial charge in [-0.25, -0.2) is 0 Å². The van der Waals surface area contributed by atoms with E-state index in [1.165, 1.54) is 56.5 Å². The van der Waals surface area contributed by atoms with Crippen molar-refractivity contribution in [2.45, 2.75) is 225 Å². The first-order valence-corrected chi connectivity index (χ1v) is 35.7. The first-order chi connectivity index (χ1) is 46.6. The number of halogens is 4. The number of rotatable bonds is 13. The van der Waals surface area contributed by atoms with Crippen LogP contribution >= 0.6 is 11.6 Å². The molecule has 11 atom stereocenters. The predicted molar refractivity (Wildman–Crippen MR) is 366 cm³/mol. The van der Waals surface area contributed by atoms with Crippen LogP contribution < -0.4 is 21.3 Å². The Kier molecular flexibility index (Phi) is 27.4. The van der Waals surface area contributed by atoms with E-state index in [4.69, 9.17) is 16.3 Å². The molecule has 11 amide bonds. The zero-order valence-corrected chi connectivity index (χ0v) is 60.7. The molecule has 0 radical (unpaired) electrons. The fraction of sp³-hybridized carbons (Fsp3) is 0.681. The third-order valence-electron chi connectivity index (χ3n) is 21.0. The Bertz CT molecular complexity index is 3250. The van der Waals surface area contributed by atoms with Crippen LogP contribution in [0.25, 0.3) is 0 Å². The first-order valence-electron chi connectivity index (χ1n) is 35.3.